The van der Waals surface area contributed by atoms with Crippen molar-refractivity contribution in [2.24, 2.45) is 7.05 Å². The van der Waals surface area contributed by atoms with E-state index in [1.165, 1.54) is 10.9 Å². The van der Waals surface area contributed by atoms with Gasteiger partial charge in [-0.1, -0.05) is 32.7 Å². The van der Waals surface area contributed by atoms with Crippen LogP contribution in [0.25, 0.3) is 0 Å². The van der Waals surface area contributed by atoms with Crippen molar-refractivity contribution in [3.05, 3.63) is 45.1 Å². The van der Waals surface area contributed by atoms with Gasteiger partial charge in [-0.25, -0.2) is 4.68 Å². The summed E-state index contributed by atoms with van der Waals surface area (Å²) in [7, 11) is 1.66. The molecule has 0 unspecified atom stereocenters. The molecule has 2 aromatic rings. The molecule has 82 valence electrons. The Morgan fingerprint density at radius 2 is 2.25 bits per heavy atom. The van der Waals surface area contributed by atoms with Crippen molar-refractivity contribution in [1.82, 2.24) is 15.0 Å². The van der Waals surface area contributed by atoms with Gasteiger partial charge in [-0.2, -0.15) is 0 Å². The lowest BCUT2D eigenvalue weighted by Crippen LogP contribution is -2.08. The van der Waals surface area contributed by atoms with E-state index in [0.717, 1.165) is 4.47 Å². The molecule has 0 saturated carbocycles. The van der Waals surface area contributed by atoms with Crippen LogP contribution in [-0.2, 0) is 7.05 Å². The molecule has 2 rings (SSSR count). The molecule has 0 aliphatic heterocycles. The molecule has 0 bridgehead atoms. The first-order valence-corrected chi connectivity index (χ1v) is 5.61. The average Bonchev–Trinajstić information content (AvgIpc) is 2.67. The van der Waals surface area contributed by atoms with Gasteiger partial charge in [-0.15, -0.1) is 5.10 Å². The highest BCUT2D eigenvalue weighted by Gasteiger charge is 2.16. The van der Waals surface area contributed by atoms with E-state index in [0.29, 0.717) is 16.3 Å². The first-order chi connectivity index (χ1) is 7.59. The molecule has 1 heterocycles. The van der Waals surface area contributed by atoms with Gasteiger partial charge < -0.3 is 0 Å². The highest BCUT2D eigenvalue weighted by atomic mass is 79.9. The monoisotopic (exact) mass is 299 g/mol. The van der Waals surface area contributed by atoms with Crippen LogP contribution in [0.2, 0.25) is 5.02 Å². The smallest absolute Gasteiger partial charge is 0.214 e. The molecule has 16 heavy (non-hydrogen) atoms. The van der Waals surface area contributed by atoms with Gasteiger partial charge in [0, 0.05) is 17.1 Å². The number of carbonyl (C=O) groups is 1. The summed E-state index contributed by atoms with van der Waals surface area (Å²) in [4.78, 5) is 12.1. The van der Waals surface area contributed by atoms with E-state index in [2.05, 4.69) is 26.2 Å². The number of hydrogen-bond donors (Lipinski definition) is 0. The molecule has 0 spiro atoms. The van der Waals surface area contributed by atoms with E-state index in [9.17, 15) is 4.79 Å². The van der Waals surface area contributed by atoms with Crippen molar-refractivity contribution >= 4 is 33.3 Å². The predicted octanol–water partition coefficient (Wildman–Crippen LogP) is 2.46. The summed E-state index contributed by atoms with van der Waals surface area (Å²) in [6.45, 7) is 0. The third-order valence-electron chi connectivity index (χ3n) is 2.12. The van der Waals surface area contributed by atoms with E-state index < -0.39 is 0 Å². The highest BCUT2D eigenvalue weighted by Crippen LogP contribution is 2.23. The van der Waals surface area contributed by atoms with Gasteiger partial charge in [0.15, 0.2) is 0 Å². The molecule has 0 atom stereocenters. The zero-order valence-corrected chi connectivity index (χ0v) is 10.7. The van der Waals surface area contributed by atoms with Crippen LogP contribution < -0.4 is 0 Å². The van der Waals surface area contributed by atoms with Crippen molar-refractivity contribution in [1.29, 1.82) is 0 Å². The summed E-state index contributed by atoms with van der Waals surface area (Å²) in [5.41, 5.74) is 0.835. The van der Waals surface area contributed by atoms with E-state index in [1.807, 2.05) is 0 Å². The Labute approximate surface area is 105 Å². The van der Waals surface area contributed by atoms with Crippen LogP contribution in [0.5, 0.6) is 0 Å². The number of halogens is 2. The van der Waals surface area contributed by atoms with E-state index in [-0.39, 0.29) is 5.78 Å². The number of aromatic nitrogens is 3. The number of nitrogens with zero attached hydrogens (tertiary/aromatic N) is 3. The maximum atomic E-state index is 12.1. The second-order valence-electron chi connectivity index (χ2n) is 3.20. The van der Waals surface area contributed by atoms with Gasteiger partial charge in [0.1, 0.15) is 5.69 Å². The summed E-state index contributed by atoms with van der Waals surface area (Å²) in [5, 5.41) is 7.78. The fourth-order valence-corrected chi connectivity index (χ4v) is 1.87. The number of carbonyl (C=O) groups excluding carboxylic acids is 1. The Bertz CT molecular complexity index is 553. The van der Waals surface area contributed by atoms with E-state index >= 15 is 0 Å². The average molecular weight is 301 g/mol. The largest absolute Gasteiger partial charge is 0.287 e. The Kier molecular flexibility index (Phi) is 3.07. The first-order valence-electron chi connectivity index (χ1n) is 4.44. The lowest BCUT2D eigenvalue weighted by atomic mass is 10.1. The van der Waals surface area contributed by atoms with Gasteiger partial charge >= 0.3 is 0 Å². The third kappa shape index (κ3) is 2.01. The van der Waals surface area contributed by atoms with Gasteiger partial charge in [-0.05, 0) is 18.2 Å². The molecular weight excluding hydrogens is 293 g/mol. The lowest BCUT2D eigenvalue weighted by Gasteiger charge is -2.03. The molecular formula is C10H7BrClN3O. The second kappa shape index (κ2) is 4.35. The van der Waals surface area contributed by atoms with Crippen LogP contribution in [0.15, 0.2) is 28.9 Å². The summed E-state index contributed by atoms with van der Waals surface area (Å²) in [5.74, 6) is -0.196. The van der Waals surface area contributed by atoms with Crippen LogP contribution >= 0.6 is 27.5 Å². The molecule has 0 N–H and O–H groups in total. The molecule has 0 aliphatic rings. The lowest BCUT2D eigenvalue weighted by molar-refractivity contribution is 0.103. The standard InChI is InChI=1S/C10H7BrClN3O/c1-15-9(5-13-14-15)10(16)7-4-6(11)2-3-8(7)12/h2-5H,1H3. The fraction of sp³-hybridized carbons (Fsp3) is 0.100. The molecule has 0 saturated heterocycles. The number of ketones is 1. The molecule has 1 aromatic carbocycles. The maximum absolute atomic E-state index is 12.1. The number of rotatable bonds is 2. The van der Waals surface area contributed by atoms with Gasteiger partial charge in [-0.3, -0.25) is 4.79 Å². The van der Waals surface area contributed by atoms with Crippen molar-refractivity contribution in [3.63, 3.8) is 0 Å². The Hall–Kier alpha value is -1.20. The minimum Gasteiger partial charge on any atom is -0.287 e. The SMILES string of the molecule is Cn1nncc1C(=O)c1cc(Br)ccc1Cl. The summed E-state index contributed by atoms with van der Waals surface area (Å²) < 4.78 is 2.22. The van der Waals surface area contributed by atoms with Crippen LogP contribution in [0.3, 0.4) is 0 Å². The maximum Gasteiger partial charge on any atom is 0.214 e. The van der Waals surface area contributed by atoms with Crippen LogP contribution in [0, 0.1) is 0 Å². The molecule has 4 nitrogen and oxygen atoms in total. The quantitative estimate of drug-likeness (QED) is 0.801. The number of aryl methyl sites for hydroxylation is 1. The van der Waals surface area contributed by atoms with Crippen LogP contribution in [0.1, 0.15) is 16.1 Å². The summed E-state index contributed by atoms with van der Waals surface area (Å²) in [6, 6.07) is 5.13. The molecule has 1 aromatic heterocycles. The van der Waals surface area contributed by atoms with Gasteiger partial charge in [0.05, 0.1) is 11.2 Å². The number of hydrogen-bond acceptors (Lipinski definition) is 3. The predicted molar refractivity (Wildman–Crippen MR) is 63.6 cm³/mol. The molecule has 0 fully saturated rings. The second-order valence-corrected chi connectivity index (χ2v) is 4.52. The zero-order chi connectivity index (χ0) is 11.7. The van der Waals surface area contributed by atoms with Gasteiger partial charge in [0.25, 0.3) is 0 Å². The fourth-order valence-electron chi connectivity index (χ4n) is 1.30. The zero-order valence-electron chi connectivity index (χ0n) is 8.32. The van der Waals surface area contributed by atoms with Crippen molar-refractivity contribution in [2.75, 3.05) is 0 Å². The Balaban J connectivity index is 2.49. The summed E-state index contributed by atoms with van der Waals surface area (Å²) in [6.07, 6.45) is 1.42. The Morgan fingerprint density at radius 1 is 1.50 bits per heavy atom. The summed E-state index contributed by atoms with van der Waals surface area (Å²) >= 11 is 9.27. The molecule has 0 amide bonds. The molecule has 6 heteroatoms. The highest BCUT2D eigenvalue weighted by molar-refractivity contribution is 9.10. The van der Waals surface area contributed by atoms with Crippen LogP contribution in [0.4, 0.5) is 0 Å². The van der Waals surface area contributed by atoms with Crippen molar-refractivity contribution in [3.8, 4) is 0 Å². The van der Waals surface area contributed by atoms with Crippen molar-refractivity contribution in [2.45, 2.75) is 0 Å². The first kappa shape index (κ1) is 11.3. The van der Waals surface area contributed by atoms with Crippen LogP contribution in [-0.4, -0.2) is 20.8 Å². The van der Waals surface area contributed by atoms with Crippen molar-refractivity contribution < 1.29 is 4.79 Å². The normalized spacial score (nSPS) is 10.4. The topological polar surface area (TPSA) is 47.8 Å². The molecule has 0 aliphatic carbocycles. The number of benzene rings is 1. The third-order valence-corrected chi connectivity index (χ3v) is 2.94. The van der Waals surface area contributed by atoms with E-state index in [1.54, 1.807) is 25.2 Å². The van der Waals surface area contributed by atoms with E-state index in [4.69, 9.17) is 11.6 Å². The Morgan fingerprint density at radius 3 is 2.88 bits per heavy atom. The molecule has 0 radical (unpaired) electrons. The van der Waals surface area contributed by atoms with Gasteiger partial charge in [0.2, 0.25) is 5.78 Å². The minimum absolute atomic E-state index is 0.196. The minimum atomic E-state index is -0.196.